The van der Waals surface area contributed by atoms with Gasteiger partial charge in [0.15, 0.2) is 0 Å². The van der Waals surface area contributed by atoms with Crippen molar-refractivity contribution in [2.75, 3.05) is 4.72 Å². The van der Waals surface area contributed by atoms with E-state index in [2.05, 4.69) is 20.0 Å². The maximum absolute atomic E-state index is 12.7. The lowest BCUT2D eigenvalue weighted by atomic mass is 10.1. The maximum atomic E-state index is 12.7. The maximum Gasteiger partial charge on any atom is 0.271 e. The molecule has 0 aliphatic rings. The van der Waals surface area contributed by atoms with Crippen LogP contribution in [0.1, 0.15) is 29.0 Å². The van der Waals surface area contributed by atoms with E-state index in [-0.39, 0.29) is 15.8 Å². The second-order valence-electron chi connectivity index (χ2n) is 6.58. The average Bonchev–Trinajstić information content (AvgIpc) is 3.29. The lowest BCUT2D eigenvalue weighted by Crippen LogP contribution is -2.28. The van der Waals surface area contributed by atoms with Gasteiger partial charge in [-0.2, -0.15) is 0 Å². The van der Waals surface area contributed by atoms with Crippen molar-refractivity contribution in [3.63, 3.8) is 0 Å². The van der Waals surface area contributed by atoms with Crippen LogP contribution in [0.5, 0.6) is 0 Å². The number of carbonyl (C=O) groups is 1. The van der Waals surface area contributed by atoms with Crippen LogP contribution in [0.25, 0.3) is 10.9 Å². The van der Waals surface area contributed by atoms with Crippen LogP contribution in [0.4, 0.5) is 5.69 Å². The fourth-order valence-electron chi connectivity index (χ4n) is 3.02. The fraction of sp³-hybridized carbons (Fsp3) is 0.0952. The molecular formula is C21H18N4O3S2. The molecule has 1 amide bonds. The first-order valence-corrected chi connectivity index (χ1v) is 11.5. The quantitative estimate of drug-likeness (QED) is 0.474. The van der Waals surface area contributed by atoms with Crippen molar-refractivity contribution >= 4 is 43.9 Å². The number of anilines is 1. The minimum atomic E-state index is -3.69. The number of hydrogen-bond acceptors (Lipinski definition) is 6. The molecule has 3 aromatic heterocycles. The van der Waals surface area contributed by atoms with Crippen LogP contribution < -0.4 is 10.0 Å². The second kappa shape index (κ2) is 8.21. The second-order valence-corrected chi connectivity index (χ2v) is 9.44. The van der Waals surface area contributed by atoms with Gasteiger partial charge in [-0.25, -0.2) is 13.4 Å². The Morgan fingerprint density at radius 2 is 1.90 bits per heavy atom. The summed E-state index contributed by atoms with van der Waals surface area (Å²) in [5.74, 6) is -0.350. The number of aromatic nitrogens is 2. The number of thiophene rings is 1. The highest BCUT2D eigenvalue weighted by Crippen LogP contribution is 2.27. The van der Waals surface area contributed by atoms with E-state index in [4.69, 9.17) is 0 Å². The normalized spacial score (nSPS) is 12.4. The molecule has 0 saturated heterocycles. The number of carbonyl (C=O) groups excluding carboxylic acids is 1. The molecule has 30 heavy (non-hydrogen) atoms. The molecule has 0 aliphatic heterocycles. The van der Waals surface area contributed by atoms with Crippen molar-refractivity contribution < 1.29 is 13.2 Å². The molecule has 0 radical (unpaired) electrons. The van der Waals surface area contributed by atoms with E-state index >= 15 is 0 Å². The smallest absolute Gasteiger partial charge is 0.271 e. The van der Waals surface area contributed by atoms with Crippen LogP contribution in [-0.2, 0) is 10.0 Å². The van der Waals surface area contributed by atoms with Gasteiger partial charge in [0.05, 0.1) is 17.2 Å². The van der Waals surface area contributed by atoms with Gasteiger partial charge >= 0.3 is 0 Å². The third kappa shape index (κ3) is 4.17. The zero-order valence-corrected chi connectivity index (χ0v) is 17.6. The molecule has 0 fully saturated rings. The number of nitrogens with zero attached hydrogens (tertiary/aromatic N) is 2. The number of nitrogens with one attached hydrogen (secondary N) is 2. The van der Waals surface area contributed by atoms with Crippen molar-refractivity contribution in [3.8, 4) is 0 Å². The minimum absolute atomic E-state index is 0.226. The first kappa shape index (κ1) is 20.0. The fourth-order valence-corrected chi connectivity index (χ4v) is 5.10. The number of hydrogen-bond donors (Lipinski definition) is 2. The van der Waals surface area contributed by atoms with Gasteiger partial charge in [0.1, 0.15) is 9.90 Å². The van der Waals surface area contributed by atoms with Crippen molar-refractivity contribution in [1.82, 2.24) is 15.3 Å². The molecule has 1 unspecified atom stereocenters. The van der Waals surface area contributed by atoms with Crippen LogP contribution >= 0.6 is 11.3 Å². The highest BCUT2D eigenvalue weighted by molar-refractivity contribution is 7.94. The van der Waals surface area contributed by atoms with Crippen LogP contribution in [0.3, 0.4) is 0 Å². The Kier molecular flexibility index (Phi) is 5.47. The Balaban J connectivity index is 1.56. The Hall–Kier alpha value is -3.30. The summed E-state index contributed by atoms with van der Waals surface area (Å²) in [5.41, 5.74) is 2.01. The summed E-state index contributed by atoms with van der Waals surface area (Å²) in [6.07, 6.45) is 3.30. The predicted molar refractivity (Wildman–Crippen MR) is 117 cm³/mol. The van der Waals surface area contributed by atoms with Gasteiger partial charge in [0, 0.05) is 17.8 Å². The highest BCUT2D eigenvalue weighted by Gasteiger charge is 2.20. The SMILES string of the molecule is CC(NC(=O)c1ccc2cnccc2n1)c1ccccc1NS(=O)(=O)c1cccs1. The third-order valence-electron chi connectivity index (χ3n) is 4.50. The number of pyridine rings is 2. The van der Waals surface area contributed by atoms with Gasteiger partial charge < -0.3 is 5.32 Å². The number of fused-ring (bicyclic) bond motifs is 1. The number of sulfonamides is 1. The van der Waals surface area contributed by atoms with Crippen molar-refractivity contribution in [2.45, 2.75) is 17.2 Å². The number of amides is 1. The summed E-state index contributed by atoms with van der Waals surface area (Å²) in [6, 6.07) is 14.9. The lowest BCUT2D eigenvalue weighted by Gasteiger charge is -2.18. The summed E-state index contributed by atoms with van der Waals surface area (Å²) in [6.45, 7) is 1.79. The van der Waals surface area contributed by atoms with Gasteiger partial charge in [-0.15, -0.1) is 11.3 Å². The zero-order valence-electron chi connectivity index (χ0n) is 15.9. The molecule has 0 aliphatic carbocycles. The van der Waals surface area contributed by atoms with E-state index in [9.17, 15) is 13.2 Å². The van der Waals surface area contributed by atoms with Crippen LogP contribution in [-0.4, -0.2) is 24.3 Å². The summed E-state index contributed by atoms with van der Waals surface area (Å²) < 4.78 is 28.0. The number of para-hydroxylation sites is 1. The van der Waals surface area contributed by atoms with E-state index < -0.39 is 16.1 Å². The van der Waals surface area contributed by atoms with E-state index in [1.54, 1.807) is 79.3 Å². The van der Waals surface area contributed by atoms with E-state index in [0.29, 0.717) is 16.8 Å². The molecular weight excluding hydrogens is 420 g/mol. The number of rotatable bonds is 6. The van der Waals surface area contributed by atoms with E-state index in [0.717, 1.165) is 16.7 Å². The molecule has 152 valence electrons. The van der Waals surface area contributed by atoms with Crippen molar-refractivity contribution in [1.29, 1.82) is 0 Å². The molecule has 3 heterocycles. The molecule has 0 bridgehead atoms. The topological polar surface area (TPSA) is 101 Å². The Morgan fingerprint density at radius 3 is 2.70 bits per heavy atom. The molecule has 2 N–H and O–H groups in total. The van der Waals surface area contributed by atoms with Crippen molar-refractivity contribution in [2.24, 2.45) is 0 Å². The van der Waals surface area contributed by atoms with E-state index in [1.165, 1.54) is 0 Å². The Bertz CT molecular complexity index is 1300. The molecule has 0 spiro atoms. The Labute approximate surface area is 177 Å². The predicted octanol–water partition coefficient (Wildman–Crippen LogP) is 3.98. The van der Waals surface area contributed by atoms with Gasteiger partial charge in [0.2, 0.25) is 0 Å². The summed E-state index contributed by atoms with van der Waals surface area (Å²) in [7, 11) is -3.69. The Morgan fingerprint density at radius 1 is 1.07 bits per heavy atom. The largest absolute Gasteiger partial charge is 0.344 e. The average molecular weight is 439 g/mol. The first-order valence-electron chi connectivity index (χ1n) is 9.11. The minimum Gasteiger partial charge on any atom is -0.344 e. The van der Waals surface area contributed by atoms with Crippen LogP contribution in [0.15, 0.2) is 76.6 Å². The van der Waals surface area contributed by atoms with Crippen molar-refractivity contribution in [3.05, 3.63) is 83.6 Å². The van der Waals surface area contributed by atoms with Gasteiger partial charge in [0.25, 0.3) is 15.9 Å². The van der Waals surface area contributed by atoms with Gasteiger partial charge in [-0.1, -0.05) is 24.3 Å². The van der Waals surface area contributed by atoms with Crippen LogP contribution in [0, 0.1) is 0 Å². The van der Waals surface area contributed by atoms with Crippen LogP contribution in [0.2, 0.25) is 0 Å². The number of benzene rings is 1. The summed E-state index contributed by atoms with van der Waals surface area (Å²) in [4.78, 5) is 21.1. The lowest BCUT2D eigenvalue weighted by molar-refractivity contribution is 0.0935. The molecule has 4 rings (SSSR count). The molecule has 0 saturated carbocycles. The van der Waals surface area contributed by atoms with Gasteiger partial charge in [-0.05, 0) is 48.2 Å². The van der Waals surface area contributed by atoms with Gasteiger partial charge in [-0.3, -0.25) is 14.5 Å². The summed E-state index contributed by atoms with van der Waals surface area (Å²) in [5, 5.41) is 5.44. The third-order valence-corrected chi connectivity index (χ3v) is 7.26. The first-order chi connectivity index (χ1) is 14.4. The van der Waals surface area contributed by atoms with E-state index in [1.807, 2.05) is 0 Å². The molecule has 1 atom stereocenters. The molecule has 4 aromatic rings. The highest BCUT2D eigenvalue weighted by atomic mass is 32.2. The monoisotopic (exact) mass is 438 g/mol. The summed E-state index contributed by atoms with van der Waals surface area (Å²) >= 11 is 1.14. The standard InChI is InChI=1S/C21H18N4O3S2/c1-14(23-21(26)19-9-8-15-13-22-11-10-17(15)24-19)16-5-2-3-6-18(16)25-30(27,28)20-7-4-12-29-20/h2-14,25H,1H3,(H,23,26). The molecule has 7 nitrogen and oxygen atoms in total. The zero-order chi connectivity index (χ0) is 21.1. The molecule has 1 aromatic carbocycles. The molecule has 9 heteroatoms.